The van der Waals surface area contributed by atoms with Crippen molar-refractivity contribution < 1.29 is 23.1 Å². The zero-order valence-electron chi connectivity index (χ0n) is 13.7. The molecule has 3 rings (SSSR count). The van der Waals surface area contributed by atoms with Crippen LogP contribution in [0.4, 0.5) is 8.78 Å². The van der Waals surface area contributed by atoms with Crippen molar-refractivity contribution >= 4 is 23.2 Å². The molecule has 2 amide bonds. The van der Waals surface area contributed by atoms with Crippen LogP contribution in [0, 0.1) is 0 Å². The molecule has 9 heteroatoms. The number of rotatable bonds is 7. The summed E-state index contributed by atoms with van der Waals surface area (Å²) in [6, 6.07) is 1.76. The SMILES string of the molecule is O=C(CCN1CCN(C(=O)c2sccc2OC(F)F)CC1)NC1CC1. The maximum atomic E-state index is 12.5. The van der Waals surface area contributed by atoms with Crippen molar-refractivity contribution in [2.24, 2.45) is 0 Å². The molecule has 1 saturated carbocycles. The highest BCUT2D eigenvalue weighted by Gasteiger charge is 2.27. The van der Waals surface area contributed by atoms with Crippen molar-refractivity contribution in [1.82, 2.24) is 15.1 Å². The fourth-order valence-corrected chi connectivity index (χ4v) is 3.54. The zero-order valence-corrected chi connectivity index (χ0v) is 14.6. The number of halogens is 2. The van der Waals surface area contributed by atoms with Crippen LogP contribution < -0.4 is 10.1 Å². The van der Waals surface area contributed by atoms with Crippen LogP contribution in [0.5, 0.6) is 5.75 Å². The van der Waals surface area contributed by atoms with Crippen molar-refractivity contribution in [3.63, 3.8) is 0 Å². The summed E-state index contributed by atoms with van der Waals surface area (Å²) in [5, 5.41) is 4.53. The number of ether oxygens (including phenoxy) is 1. The van der Waals surface area contributed by atoms with Gasteiger partial charge in [-0.2, -0.15) is 8.78 Å². The first-order valence-electron chi connectivity index (χ1n) is 8.36. The van der Waals surface area contributed by atoms with E-state index in [9.17, 15) is 18.4 Å². The van der Waals surface area contributed by atoms with Crippen LogP contribution in [0.25, 0.3) is 0 Å². The number of nitrogens with one attached hydrogen (secondary N) is 1. The Morgan fingerprint density at radius 2 is 2.00 bits per heavy atom. The van der Waals surface area contributed by atoms with Gasteiger partial charge in [0.05, 0.1) is 0 Å². The number of hydrogen-bond acceptors (Lipinski definition) is 5. The number of amides is 2. The van der Waals surface area contributed by atoms with Gasteiger partial charge < -0.3 is 15.0 Å². The van der Waals surface area contributed by atoms with Gasteiger partial charge in [-0.15, -0.1) is 11.3 Å². The summed E-state index contributed by atoms with van der Waals surface area (Å²) >= 11 is 1.10. The van der Waals surface area contributed by atoms with Gasteiger partial charge >= 0.3 is 6.61 Å². The molecule has 0 aromatic carbocycles. The summed E-state index contributed by atoms with van der Waals surface area (Å²) < 4.78 is 29.2. The van der Waals surface area contributed by atoms with E-state index in [0.29, 0.717) is 45.2 Å². The first-order valence-corrected chi connectivity index (χ1v) is 9.24. The Bertz CT molecular complexity index is 614. The van der Waals surface area contributed by atoms with Crippen LogP contribution in [0.15, 0.2) is 11.4 Å². The standard InChI is InChI=1S/C16H21F2N3O3S/c17-16(18)24-12-4-10-25-14(12)15(23)21-8-6-20(7-9-21)5-3-13(22)19-11-1-2-11/h4,10-11,16H,1-3,5-9H2,(H,19,22). The predicted molar refractivity (Wildman–Crippen MR) is 89.1 cm³/mol. The highest BCUT2D eigenvalue weighted by molar-refractivity contribution is 7.12. The van der Waals surface area contributed by atoms with Gasteiger partial charge in [-0.3, -0.25) is 14.5 Å². The molecule has 1 aliphatic heterocycles. The van der Waals surface area contributed by atoms with E-state index >= 15 is 0 Å². The second-order valence-electron chi connectivity index (χ2n) is 6.22. The van der Waals surface area contributed by atoms with Crippen LogP contribution >= 0.6 is 11.3 Å². The molecule has 0 unspecified atom stereocenters. The number of thiophene rings is 1. The maximum absolute atomic E-state index is 12.5. The lowest BCUT2D eigenvalue weighted by Crippen LogP contribution is -2.49. The lowest BCUT2D eigenvalue weighted by atomic mass is 10.2. The van der Waals surface area contributed by atoms with Crippen LogP contribution in [0.1, 0.15) is 28.9 Å². The molecule has 25 heavy (non-hydrogen) atoms. The van der Waals surface area contributed by atoms with Gasteiger partial charge in [-0.1, -0.05) is 0 Å². The van der Waals surface area contributed by atoms with Crippen molar-refractivity contribution in [1.29, 1.82) is 0 Å². The molecular weight excluding hydrogens is 352 g/mol. The molecule has 1 aromatic rings. The van der Waals surface area contributed by atoms with Crippen LogP contribution in [-0.2, 0) is 4.79 Å². The van der Waals surface area contributed by atoms with Gasteiger partial charge in [0, 0.05) is 45.2 Å². The van der Waals surface area contributed by atoms with E-state index in [1.54, 1.807) is 10.3 Å². The summed E-state index contributed by atoms with van der Waals surface area (Å²) in [6.07, 6.45) is 2.61. The smallest absolute Gasteiger partial charge is 0.387 e. The number of carbonyl (C=O) groups excluding carboxylic acids is 2. The molecule has 1 aromatic heterocycles. The van der Waals surface area contributed by atoms with E-state index in [1.165, 1.54) is 6.07 Å². The molecule has 0 bridgehead atoms. The first-order chi connectivity index (χ1) is 12.0. The molecule has 2 aliphatic rings. The van der Waals surface area contributed by atoms with Gasteiger partial charge in [0.15, 0.2) is 0 Å². The van der Waals surface area contributed by atoms with Crippen molar-refractivity contribution in [3.8, 4) is 5.75 Å². The van der Waals surface area contributed by atoms with Gasteiger partial charge in [0.2, 0.25) is 5.91 Å². The third-order valence-electron chi connectivity index (χ3n) is 4.30. The van der Waals surface area contributed by atoms with E-state index in [4.69, 9.17) is 0 Å². The van der Waals surface area contributed by atoms with Gasteiger partial charge in [-0.05, 0) is 24.3 Å². The van der Waals surface area contributed by atoms with Gasteiger partial charge in [-0.25, -0.2) is 0 Å². The quantitative estimate of drug-likeness (QED) is 0.791. The normalized spacial score (nSPS) is 18.4. The molecule has 2 fully saturated rings. The van der Waals surface area contributed by atoms with E-state index in [2.05, 4.69) is 15.0 Å². The van der Waals surface area contributed by atoms with Crippen LogP contribution in [0.3, 0.4) is 0 Å². The molecule has 0 spiro atoms. The average molecular weight is 373 g/mol. The van der Waals surface area contributed by atoms with Crippen molar-refractivity contribution in [2.75, 3.05) is 32.7 Å². The molecule has 0 atom stereocenters. The fourth-order valence-electron chi connectivity index (χ4n) is 2.75. The zero-order chi connectivity index (χ0) is 17.8. The second kappa shape index (κ2) is 8.09. The molecule has 1 N–H and O–H groups in total. The highest BCUT2D eigenvalue weighted by Crippen LogP contribution is 2.28. The monoisotopic (exact) mass is 373 g/mol. The highest BCUT2D eigenvalue weighted by atomic mass is 32.1. The van der Waals surface area contributed by atoms with E-state index in [0.717, 1.165) is 24.2 Å². The van der Waals surface area contributed by atoms with Gasteiger partial charge in [0.1, 0.15) is 10.6 Å². The lowest BCUT2D eigenvalue weighted by molar-refractivity contribution is -0.121. The number of nitrogens with zero attached hydrogens (tertiary/aromatic N) is 2. The van der Waals surface area contributed by atoms with Crippen LogP contribution in [-0.4, -0.2) is 67.0 Å². The Morgan fingerprint density at radius 3 is 2.64 bits per heavy atom. The topological polar surface area (TPSA) is 61.9 Å². The molecule has 2 heterocycles. The van der Waals surface area contributed by atoms with Crippen molar-refractivity contribution in [2.45, 2.75) is 31.9 Å². The average Bonchev–Trinajstić information content (AvgIpc) is 3.28. The van der Waals surface area contributed by atoms with E-state index in [-0.39, 0.29) is 22.4 Å². The molecule has 1 saturated heterocycles. The van der Waals surface area contributed by atoms with Gasteiger partial charge in [0.25, 0.3) is 5.91 Å². The minimum Gasteiger partial charge on any atom is -0.433 e. The summed E-state index contributed by atoms with van der Waals surface area (Å²) in [5.74, 6) is -0.269. The van der Waals surface area contributed by atoms with Crippen LogP contribution in [0.2, 0.25) is 0 Å². The Morgan fingerprint density at radius 1 is 1.28 bits per heavy atom. The molecule has 1 aliphatic carbocycles. The minimum atomic E-state index is -2.94. The summed E-state index contributed by atoms with van der Waals surface area (Å²) in [4.78, 5) is 28.2. The maximum Gasteiger partial charge on any atom is 0.387 e. The number of piperazine rings is 1. The lowest BCUT2D eigenvalue weighted by Gasteiger charge is -2.34. The molecule has 138 valence electrons. The Balaban J connectivity index is 1.44. The fraction of sp³-hybridized carbons (Fsp3) is 0.625. The molecule has 6 nitrogen and oxygen atoms in total. The number of carbonyl (C=O) groups is 2. The number of alkyl halides is 2. The number of hydrogen-bond donors (Lipinski definition) is 1. The summed E-state index contributed by atoms with van der Waals surface area (Å²) in [6.45, 7) is 0.0705. The minimum absolute atomic E-state index is 0.0656. The third kappa shape index (κ3) is 5.12. The third-order valence-corrected chi connectivity index (χ3v) is 5.18. The van der Waals surface area contributed by atoms with E-state index < -0.39 is 6.61 Å². The Labute approximate surface area is 148 Å². The molecular formula is C16H21F2N3O3S. The Kier molecular flexibility index (Phi) is 5.85. The Hall–Kier alpha value is -1.74. The molecule has 0 radical (unpaired) electrons. The first kappa shape index (κ1) is 18.1. The second-order valence-corrected chi connectivity index (χ2v) is 7.13. The summed E-state index contributed by atoms with van der Waals surface area (Å²) in [7, 11) is 0. The van der Waals surface area contributed by atoms with Crippen molar-refractivity contribution in [3.05, 3.63) is 16.3 Å². The summed E-state index contributed by atoms with van der Waals surface area (Å²) in [5.41, 5.74) is 0. The van der Waals surface area contributed by atoms with E-state index in [1.807, 2.05) is 0 Å². The predicted octanol–water partition coefficient (Wildman–Crippen LogP) is 1.78. The largest absolute Gasteiger partial charge is 0.433 e.